The van der Waals surface area contributed by atoms with Crippen molar-refractivity contribution in [2.75, 3.05) is 23.9 Å². The van der Waals surface area contributed by atoms with Crippen LogP contribution in [0, 0.1) is 6.92 Å². The molecule has 10 heteroatoms. The fourth-order valence-electron chi connectivity index (χ4n) is 3.43. The Balaban J connectivity index is 1.50. The van der Waals surface area contributed by atoms with E-state index in [1.807, 2.05) is 43.3 Å². The third-order valence-electron chi connectivity index (χ3n) is 5.18. The van der Waals surface area contributed by atoms with E-state index in [0.29, 0.717) is 36.9 Å². The summed E-state index contributed by atoms with van der Waals surface area (Å²) in [6, 6.07) is 17.7. The lowest BCUT2D eigenvalue weighted by Crippen LogP contribution is -2.27. The van der Waals surface area contributed by atoms with E-state index >= 15 is 0 Å². The second kappa shape index (κ2) is 11.3. The molecule has 3 aromatic rings. The third kappa shape index (κ3) is 5.84. The molecule has 0 aliphatic carbocycles. The van der Waals surface area contributed by atoms with E-state index in [0.717, 1.165) is 5.56 Å². The molecule has 0 saturated carbocycles. The number of carbonyl (C=O) groups excluding carboxylic acids is 2. The molecule has 1 fully saturated rings. The molecule has 1 saturated heterocycles. The van der Waals surface area contributed by atoms with Crippen molar-refractivity contribution < 1.29 is 19.1 Å². The highest BCUT2D eigenvalue weighted by atomic mass is 35.5. The number of benzene rings is 3. The van der Waals surface area contributed by atoms with Gasteiger partial charge in [0.15, 0.2) is 22.4 Å². The first-order chi connectivity index (χ1) is 17.3. The zero-order valence-corrected chi connectivity index (χ0v) is 22.4. The minimum absolute atomic E-state index is 0.214. The lowest BCUT2D eigenvalue weighted by Gasteiger charge is -2.14. The van der Waals surface area contributed by atoms with Crippen LogP contribution >= 0.6 is 47.2 Å². The van der Waals surface area contributed by atoms with Gasteiger partial charge >= 0.3 is 0 Å². The molecular formula is C26H20Cl2N2O4S2. The predicted molar refractivity (Wildman–Crippen MR) is 150 cm³/mol. The van der Waals surface area contributed by atoms with Gasteiger partial charge in [0.05, 0.1) is 22.7 Å². The molecule has 184 valence electrons. The van der Waals surface area contributed by atoms with E-state index in [1.165, 1.54) is 23.8 Å². The van der Waals surface area contributed by atoms with Crippen LogP contribution in [0.1, 0.15) is 11.1 Å². The van der Waals surface area contributed by atoms with Crippen molar-refractivity contribution in [3.8, 4) is 11.5 Å². The maximum absolute atomic E-state index is 13.0. The number of nitrogens with one attached hydrogen (secondary N) is 1. The summed E-state index contributed by atoms with van der Waals surface area (Å²) in [7, 11) is 1.46. The normalized spacial score (nSPS) is 14.3. The Bertz CT molecular complexity index is 1380. The predicted octanol–water partition coefficient (Wildman–Crippen LogP) is 6.73. The molecule has 1 aliphatic rings. The van der Waals surface area contributed by atoms with Crippen molar-refractivity contribution in [3.05, 3.63) is 86.7 Å². The first-order valence-electron chi connectivity index (χ1n) is 10.7. The van der Waals surface area contributed by atoms with E-state index in [2.05, 4.69) is 5.32 Å². The fourth-order valence-corrected chi connectivity index (χ4v) is 5.18. The van der Waals surface area contributed by atoms with Gasteiger partial charge in [-0.15, -0.1) is 0 Å². The van der Waals surface area contributed by atoms with Gasteiger partial charge in [-0.2, -0.15) is 0 Å². The zero-order valence-electron chi connectivity index (χ0n) is 19.2. The quantitative estimate of drug-likeness (QED) is 0.256. The summed E-state index contributed by atoms with van der Waals surface area (Å²) in [6.07, 6.45) is 1.69. The fraction of sp³-hybridized carbons (Fsp3) is 0.115. The van der Waals surface area contributed by atoms with E-state index < -0.39 is 0 Å². The molecule has 0 spiro atoms. The largest absolute Gasteiger partial charge is 0.493 e. The van der Waals surface area contributed by atoms with Crippen LogP contribution in [0.4, 0.5) is 11.4 Å². The van der Waals surface area contributed by atoms with Gasteiger partial charge in [0.2, 0.25) is 0 Å². The molecular weight excluding hydrogens is 539 g/mol. The lowest BCUT2D eigenvalue weighted by molar-refractivity contribution is -0.118. The summed E-state index contributed by atoms with van der Waals surface area (Å²) < 4.78 is 11.6. The lowest BCUT2D eigenvalue weighted by atomic mass is 10.1. The van der Waals surface area contributed by atoms with E-state index in [9.17, 15) is 9.59 Å². The number of carbonyl (C=O) groups is 2. The number of amides is 2. The first-order valence-corrected chi connectivity index (χ1v) is 12.6. The standard InChI is InChI=1S/C26H20Cl2N2O4S2/c1-15-8-9-17(27)13-20(15)29-23(31)14-34-24-19(28)10-16(11-21(24)33-2)12-22-25(32)30(26(35)36-22)18-6-4-3-5-7-18/h3-13H,14H2,1-2H3,(H,29,31)/b22-12-. The summed E-state index contributed by atoms with van der Waals surface area (Å²) in [6.45, 7) is 1.57. The topological polar surface area (TPSA) is 67.9 Å². The van der Waals surface area contributed by atoms with Crippen LogP contribution < -0.4 is 19.7 Å². The molecule has 0 radical (unpaired) electrons. The molecule has 0 bridgehead atoms. The summed E-state index contributed by atoms with van der Waals surface area (Å²) in [5.41, 5.74) is 2.79. The van der Waals surface area contributed by atoms with Gasteiger partial charge < -0.3 is 14.8 Å². The highest BCUT2D eigenvalue weighted by Gasteiger charge is 2.33. The minimum Gasteiger partial charge on any atom is -0.493 e. The summed E-state index contributed by atoms with van der Waals surface area (Å²) in [5.74, 6) is -0.0723. The summed E-state index contributed by atoms with van der Waals surface area (Å²) in [4.78, 5) is 27.4. The highest BCUT2D eigenvalue weighted by molar-refractivity contribution is 8.27. The molecule has 1 heterocycles. The number of hydrogen-bond acceptors (Lipinski definition) is 6. The summed E-state index contributed by atoms with van der Waals surface area (Å²) in [5, 5.41) is 3.51. The van der Waals surface area contributed by atoms with Gasteiger partial charge in [-0.1, -0.05) is 71.4 Å². The Labute approximate surface area is 228 Å². The van der Waals surface area contributed by atoms with Crippen LogP contribution in [0.5, 0.6) is 11.5 Å². The van der Waals surface area contributed by atoms with Gasteiger partial charge in [-0.05, 0) is 60.5 Å². The number of thiocarbonyl (C=S) groups is 1. The van der Waals surface area contributed by atoms with Gasteiger partial charge in [-0.25, -0.2) is 0 Å². The molecule has 36 heavy (non-hydrogen) atoms. The van der Waals surface area contributed by atoms with Crippen LogP contribution in [-0.2, 0) is 9.59 Å². The van der Waals surface area contributed by atoms with Crippen LogP contribution in [0.15, 0.2) is 65.6 Å². The maximum atomic E-state index is 13.0. The van der Waals surface area contributed by atoms with Gasteiger partial charge in [0, 0.05) is 10.7 Å². The Hall–Kier alpha value is -3.04. The Morgan fingerprint density at radius 1 is 1.14 bits per heavy atom. The average Bonchev–Trinajstić information content (AvgIpc) is 3.13. The second-order valence-corrected chi connectivity index (χ2v) is 10.2. The SMILES string of the molecule is COc1cc(/C=C2\SC(=S)N(c3ccccc3)C2=O)cc(Cl)c1OCC(=O)Nc1cc(Cl)ccc1C. The zero-order chi connectivity index (χ0) is 25.8. The number of thioether (sulfide) groups is 1. The smallest absolute Gasteiger partial charge is 0.270 e. The Kier molecular flexibility index (Phi) is 8.21. The number of ether oxygens (including phenoxy) is 2. The number of aryl methyl sites for hydroxylation is 1. The molecule has 3 aromatic carbocycles. The third-order valence-corrected chi connectivity index (χ3v) is 7.00. The molecule has 0 unspecified atom stereocenters. The number of hydrogen-bond donors (Lipinski definition) is 1. The Morgan fingerprint density at radius 2 is 1.89 bits per heavy atom. The van der Waals surface area contributed by atoms with E-state index in [4.69, 9.17) is 44.9 Å². The Morgan fingerprint density at radius 3 is 2.61 bits per heavy atom. The van der Waals surface area contributed by atoms with Crippen LogP contribution in [0.25, 0.3) is 6.08 Å². The van der Waals surface area contributed by atoms with Crippen molar-refractivity contribution in [2.24, 2.45) is 0 Å². The second-order valence-electron chi connectivity index (χ2n) is 7.68. The molecule has 1 aliphatic heterocycles. The molecule has 0 atom stereocenters. The maximum Gasteiger partial charge on any atom is 0.270 e. The van der Waals surface area contributed by atoms with Crippen molar-refractivity contribution in [2.45, 2.75) is 6.92 Å². The summed E-state index contributed by atoms with van der Waals surface area (Å²) >= 11 is 19.1. The van der Waals surface area contributed by atoms with E-state index in [-0.39, 0.29) is 29.2 Å². The molecule has 4 rings (SSSR count). The number of methoxy groups -OCH3 is 1. The molecule has 6 nitrogen and oxygen atoms in total. The van der Waals surface area contributed by atoms with Gasteiger partial charge in [0.1, 0.15) is 0 Å². The van der Waals surface area contributed by atoms with E-state index in [1.54, 1.807) is 30.3 Å². The molecule has 0 aromatic heterocycles. The monoisotopic (exact) mass is 558 g/mol. The number of rotatable bonds is 7. The van der Waals surface area contributed by atoms with Crippen molar-refractivity contribution >= 4 is 80.8 Å². The number of halogens is 2. The van der Waals surface area contributed by atoms with Crippen molar-refractivity contribution in [3.63, 3.8) is 0 Å². The van der Waals surface area contributed by atoms with Crippen molar-refractivity contribution in [1.29, 1.82) is 0 Å². The number of anilines is 2. The first kappa shape index (κ1) is 26.0. The molecule has 2 amide bonds. The van der Waals surface area contributed by atoms with Gasteiger partial charge in [0.25, 0.3) is 11.8 Å². The number of para-hydroxylation sites is 1. The molecule has 1 N–H and O–H groups in total. The average molecular weight is 559 g/mol. The minimum atomic E-state index is -0.382. The van der Waals surface area contributed by atoms with Crippen LogP contribution in [-0.4, -0.2) is 29.9 Å². The van der Waals surface area contributed by atoms with Crippen LogP contribution in [0.2, 0.25) is 10.0 Å². The van der Waals surface area contributed by atoms with Crippen LogP contribution in [0.3, 0.4) is 0 Å². The van der Waals surface area contributed by atoms with Gasteiger partial charge in [-0.3, -0.25) is 14.5 Å². The highest BCUT2D eigenvalue weighted by Crippen LogP contribution is 2.40. The van der Waals surface area contributed by atoms with Crippen molar-refractivity contribution in [1.82, 2.24) is 0 Å². The number of nitrogens with zero attached hydrogens (tertiary/aromatic N) is 1.